The highest BCUT2D eigenvalue weighted by atomic mass is 32.2. The lowest BCUT2D eigenvalue weighted by molar-refractivity contribution is -0.133. The standard InChI is InChI=1S/C35H48N8O4S.2H2/c1-7-17-41(18-8-2)23-33(44)42-19-14-26(15-20-42)27-22-30(47-6)29(21-25(27)5)37-34-39-32-13-16-36-43(32)35(40-34)38-28-11-9-10-12-31(28)48(45,46)24(3)4;;/h9-13,16,21-22,24,26H,7-8,14-15,17-20,23H2,1-6H3,(H2,37,38,39,40);2*1H. The van der Waals surface area contributed by atoms with E-state index in [0.29, 0.717) is 47.1 Å². The number of nitrogens with one attached hydrogen (secondary N) is 2. The number of anilines is 4. The molecule has 3 heterocycles. The van der Waals surface area contributed by atoms with Crippen LogP contribution in [-0.4, -0.2) is 88.8 Å². The summed E-state index contributed by atoms with van der Waals surface area (Å²) in [5.41, 5.74) is 3.95. The predicted molar refractivity (Wildman–Crippen MR) is 194 cm³/mol. The SMILES string of the molecule is CCCN(CCC)CC(=O)N1CCC(c2cc(OC)c(Nc3nc(Nc4ccccc4S(=O)(=O)C(C)C)n4nccc4n3)cc2C)CC1.[HH].[HH]. The smallest absolute Gasteiger partial charge is 0.236 e. The molecular weight excluding hydrogens is 629 g/mol. The summed E-state index contributed by atoms with van der Waals surface area (Å²) in [6.45, 7) is 13.6. The Morgan fingerprint density at radius 1 is 1.04 bits per heavy atom. The van der Waals surface area contributed by atoms with E-state index in [4.69, 9.17) is 9.72 Å². The molecule has 48 heavy (non-hydrogen) atoms. The first kappa shape index (κ1) is 35.1. The molecule has 2 aromatic heterocycles. The number of aryl methyl sites for hydroxylation is 1. The number of methoxy groups -OCH3 is 1. The molecule has 0 unspecified atom stereocenters. The third-order valence-electron chi connectivity index (χ3n) is 8.88. The molecule has 1 fully saturated rings. The Labute approximate surface area is 286 Å². The van der Waals surface area contributed by atoms with E-state index >= 15 is 0 Å². The van der Waals surface area contributed by atoms with Crippen molar-refractivity contribution in [1.82, 2.24) is 29.4 Å². The number of aromatic nitrogens is 4. The number of carbonyl (C=O) groups is 1. The van der Waals surface area contributed by atoms with Gasteiger partial charge in [-0.2, -0.15) is 19.6 Å². The van der Waals surface area contributed by atoms with Crippen LogP contribution in [0.2, 0.25) is 0 Å². The molecule has 0 bridgehead atoms. The van der Waals surface area contributed by atoms with E-state index < -0.39 is 15.1 Å². The number of likely N-dealkylation sites (tertiary alicyclic amines) is 1. The Bertz CT molecular complexity index is 1840. The van der Waals surface area contributed by atoms with Crippen LogP contribution in [0.25, 0.3) is 5.65 Å². The number of para-hydroxylation sites is 1. The minimum Gasteiger partial charge on any atom is -0.495 e. The fraction of sp³-hybridized carbons (Fsp3) is 0.486. The van der Waals surface area contributed by atoms with Gasteiger partial charge in [-0.3, -0.25) is 9.69 Å². The van der Waals surface area contributed by atoms with Crippen molar-refractivity contribution in [2.75, 3.05) is 50.5 Å². The van der Waals surface area contributed by atoms with E-state index in [1.54, 1.807) is 57.5 Å². The number of hydrogen-bond donors (Lipinski definition) is 2. The molecule has 4 aromatic rings. The van der Waals surface area contributed by atoms with Gasteiger partial charge in [0, 0.05) is 22.0 Å². The summed E-state index contributed by atoms with van der Waals surface area (Å²) in [5.74, 6) is 1.80. The number of sulfone groups is 1. The van der Waals surface area contributed by atoms with Crippen LogP contribution >= 0.6 is 0 Å². The highest BCUT2D eigenvalue weighted by molar-refractivity contribution is 7.92. The average molecular weight is 681 g/mol. The second-order valence-corrected chi connectivity index (χ2v) is 15.1. The Morgan fingerprint density at radius 3 is 2.42 bits per heavy atom. The summed E-state index contributed by atoms with van der Waals surface area (Å²) in [5, 5.41) is 10.3. The summed E-state index contributed by atoms with van der Waals surface area (Å²) >= 11 is 0. The van der Waals surface area contributed by atoms with Crippen molar-refractivity contribution in [1.29, 1.82) is 0 Å². The Morgan fingerprint density at radius 2 is 1.75 bits per heavy atom. The van der Waals surface area contributed by atoms with Gasteiger partial charge < -0.3 is 20.3 Å². The number of carbonyl (C=O) groups excluding carboxylic acids is 1. The van der Waals surface area contributed by atoms with Crippen molar-refractivity contribution in [2.45, 2.75) is 76.4 Å². The third-order valence-corrected chi connectivity index (χ3v) is 11.1. The fourth-order valence-electron chi connectivity index (χ4n) is 6.32. The molecule has 1 aliphatic rings. The van der Waals surface area contributed by atoms with Crippen LogP contribution in [0, 0.1) is 6.92 Å². The van der Waals surface area contributed by atoms with Crippen LogP contribution in [0.4, 0.5) is 23.3 Å². The van der Waals surface area contributed by atoms with Gasteiger partial charge in [0.2, 0.25) is 17.8 Å². The molecule has 2 N–H and O–H groups in total. The highest BCUT2D eigenvalue weighted by Crippen LogP contribution is 2.37. The van der Waals surface area contributed by atoms with Crippen LogP contribution in [0.3, 0.4) is 0 Å². The molecule has 0 aliphatic carbocycles. The van der Waals surface area contributed by atoms with E-state index in [1.807, 2.05) is 11.0 Å². The zero-order valence-corrected chi connectivity index (χ0v) is 29.7. The largest absolute Gasteiger partial charge is 0.495 e. The van der Waals surface area contributed by atoms with Crippen LogP contribution < -0.4 is 15.4 Å². The van der Waals surface area contributed by atoms with Gasteiger partial charge in [-0.25, -0.2) is 8.42 Å². The van der Waals surface area contributed by atoms with Crippen molar-refractivity contribution in [3.8, 4) is 5.75 Å². The second-order valence-electron chi connectivity index (χ2n) is 12.7. The van der Waals surface area contributed by atoms with Crippen molar-refractivity contribution >= 4 is 44.7 Å². The molecule has 2 aromatic carbocycles. The van der Waals surface area contributed by atoms with Crippen molar-refractivity contribution < 1.29 is 20.8 Å². The highest BCUT2D eigenvalue weighted by Gasteiger charge is 2.27. The maximum absolute atomic E-state index is 13.1. The number of fused-ring (bicyclic) bond motifs is 1. The van der Waals surface area contributed by atoms with Crippen LogP contribution in [-0.2, 0) is 14.6 Å². The van der Waals surface area contributed by atoms with Gasteiger partial charge in [0.1, 0.15) is 5.75 Å². The maximum atomic E-state index is 13.1. The number of benzene rings is 2. The number of rotatable bonds is 14. The minimum atomic E-state index is -3.56. The summed E-state index contributed by atoms with van der Waals surface area (Å²) < 4.78 is 33.6. The number of nitrogens with zero attached hydrogens (tertiary/aromatic N) is 6. The third kappa shape index (κ3) is 7.73. The summed E-state index contributed by atoms with van der Waals surface area (Å²) in [6.07, 6.45) is 5.50. The lowest BCUT2D eigenvalue weighted by atomic mass is 9.86. The normalized spacial score (nSPS) is 14.2. The van der Waals surface area contributed by atoms with Gasteiger partial charge in [-0.1, -0.05) is 26.0 Å². The second kappa shape index (κ2) is 15.3. The number of piperidine rings is 1. The van der Waals surface area contributed by atoms with Gasteiger partial charge in [0.25, 0.3) is 0 Å². The quantitative estimate of drug-likeness (QED) is 0.153. The predicted octanol–water partition coefficient (Wildman–Crippen LogP) is 6.43. The Kier molecular flexibility index (Phi) is 11.2. The van der Waals surface area contributed by atoms with Crippen molar-refractivity contribution in [3.63, 3.8) is 0 Å². The van der Waals surface area contributed by atoms with Gasteiger partial charge >= 0.3 is 0 Å². The molecule has 5 rings (SSSR count). The van der Waals surface area contributed by atoms with Gasteiger partial charge in [-0.05, 0) is 101 Å². The van der Waals surface area contributed by atoms with E-state index in [-0.39, 0.29) is 13.7 Å². The molecule has 13 heteroatoms. The van der Waals surface area contributed by atoms with Crippen molar-refractivity contribution in [3.05, 3.63) is 59.8 Å². The molecule has 0 saturated carbocycles. The van der Waals surface area contributed by atoms with Gasteiger partial charge in [0.05, 0.1) is 41.4 Å². The van der Waals surface area contributed by atoms with E-state index in [2.05, 4.69) is 52.5 Å². The van der Waals surface area contributed by atoms with E-state index in [0.717, 1.165) is 57.4 Å². The summed E-state index contributed by atoms with van der Waals surface area (Å²) in [4.78, 5) is 26.9. The molecule has 0 atom stereocenters. The first-order valence-electron chi connectivity index (χ1n) is 16.8. The van der Waals surface area contributed by atoms with Crippen LogP contribution in [0.1, 0.15) is 73.3 Å². The Hall–Kier alpha value is -4.23. The summed E-state index contributed by atoms with van der Waals surface area (Å²) in [7, 11) is -1.92. The zero-order valence-electron chi connectivity index (χ0n) is 28.9. The average Bonchev–Trinajstić information content (AvgIpc) is 3.54. The van der Waals surface area contributed by atoms with Gasteiger partial charge in [0.15, 0.2) is 15.5 Å². The first-order valence-corrected chi connectivity index (χ1v) is 18.4. The molecule has 1 amide bonds. The first-order chi connectivity index (χ1) is 23.0. The lowest BCUT2D eigenvalue weighted by Gasteiger charge is -2.34. The number of amides is 1. The molecule has 262 valence electrons. The van der Waals surface area contributed by atoms with Crippen LogP contribution in [0.15, 0.2) is 53.6 Å². The fourth-order valence-corrected chi connectivity index (χ4v) is 7.52. The number of ether oxygens (including phenoxy) is 1. The molecule has 12 nitrogen and oxygen atoms in total. The van der Waals surface area contributed by atoms with Crippen molar-refractivity contribution in [2.24, 2.45) is 0 Å². The molecule has 0 radical (unpaired) electrons. The maximum Gasteiger partial charge on any atom is 0.236 e. The molecule has 0 spiro atoms. The molecule has 1 aliphatic heterocycles. The molecular formula is C35H52N8O4S. The topological polar surface area (TPSA) is 134 Å². The van der Waals surface area contributed by atoms with E-state index in [9.17, 15) is 13.2 Å². The summed E-state index contributed by atoms with van der Waals surface area (Å²) in [6, 6.07) is 12.6. The zero-order chi connectivity index (χ0) is 34.4. The van der Waals surface area contributed by atoms with Crippen LogP contribution in [0.5, 0.6) is 5.75 Å². The minimum absolute atomic E-state index is 0. The lowest BCUT2D eigenvalue weighted by Crippen LogP contribution is -2.44. The number of hydrogen-bond acceptors (Lipinski definition) is 10. The molecule has 1 saturated heterocycles. The Balaban J connectivity index is 0.00000338. The van der Waals surface area contributed by atoms with Gasteiger partial charge in [-0.15, -0.1) is 0 Å². The monoisotopic (exact) mass is 680 g/mol. The van der Waals surface area contributed by atoms with E-state index in [1.165, 1.54) is 10.1 Å².